The number of piperidine rings is 1. The molecule has 9 heteroatoms. The van der Waals surface area contributed by atoms with Crippen molar-refractivity contribution in [1.82, 2.24) is 15.2 Å². The molecule has 0 spiro atoms. The van der Waals surface area contributed by atoms with E-state index < -0.39 is 11.3 Å². The fourth-order valence-corrected chi connectivity index (χ4v) is 4.11. The molecule has 2 aromatic rings. The van der Waals surface area contributed by atoms with Gasteiger partial charge in [0.1, 0.15) is 11.2 Å². The van der Waals surface area contributed by atoms with Crippen LogP contribution in [0.3, 0.4) is 0 Å². The standard InChI is InChI=1S/C23H29N5O4/c1-16(29)27-18-7-8-19(32-2)17(12-18)13-26-21(30)14-28-11-5-9-23(15-28,22(24)31)20-6-3-4-10-25-20/h3-4,6-8,10,12H,5,9,11,13-15H2,1-2H3,(H2,24,31)(H,26,30)(H,27,29)/t23-/m1/s1. The lowest BCUT2D eigenvalue weighted by Gasteiger charge is -2.40. The summed E-state index contributed by atoms with van der Waals surface area (Å²) in [6.07, 6.45) is 2.98. The minimum atomic E-state index is -0.907. The molecule has 2 heterocycles. The Morgan fingerprint density at radius 3 is 2.72 bits per heavy atom. The summed E-state index contributed by atoms with van der Waals surface area (Å²) in [6.45, 7) is 2.84. The minimum Gasteiger partial charge on any atom is -0.496 e. The van der Waals surface area contributed by atoms with Crippen LogP contribution in [0.15, 0.2) is 42.6 Å². The van der Waals surface area contributed by atoms with Gasteiger partial charge in [-0.1, -0.05) is 6.07 Å². The molecule has 1 aliphatic heterocycles. The summed E-state index contributed by atoms with van der Waals surface area (Å²) in [5.41, 5.74) is 6.89. The molecule has 3 amide bonds. The van der Waals surface area contributed by atoms with E-state index in [1.807, 2.05) is 17.0 Å². The normalized spacial score (nSPS) is 18.6. The minimum absolute atomic E-state index is 0.134. The summed E-state index contributed by atoms with van der Waals surface area (Å²) >= 11 is 0. The van der Waals surface area contributed by atoms with E-state index in [-0.39, 0.29) is 24.9 Å². The number of nitrogens with two attached hydrogens (primary N) is 1. The van der Waals surface area contributed by atoms with E-state index in [1.165, 1.54) is 6.92 Å². The zero-order chi connectivity index (χ0) is 23.1. The quantitative estimate of drug-likeness (QED) is 0.567. The van der Waals surface area contributed by atoms with Gasteiger partial charge in [0.05, 0.1) is 19.3 Å². The topological polar surface area (TPSA) is 127 Å². The van der Waals surface area contributed by atoms with Gasteiger partial charge in [0.2, 0.25) is 17.7 Å². The maximum Gasteiger partial charge on any atom is 0.234 e. The van der Waals surface area contributed by atoms with Crippen LogP contribution in [0, 0.1) is 0 Å². The molecule has 32 heavy (non-hydrogen) atoms. The highest BCUT2D eigenvalue weighted by atomic mass is 16.5. The van der Waals surface area contributed by atoms with Crippen molar-refractivity contribution in [3.63, 3.8) is 0 Å². The molecule has 1 fully saturated rings. The SMILES string of the molecule is COc1ccc(NC(C)=O)cc1CNC(=O)CN1CCC[C@](C(N)=O)(c2ccccn2)C1. The van der Waals surface area contributed by atoms with Gasteiger partial charge in [0, 0.05) is 37.5 Å². The van der Waals surface area contributed by atoms with Crippen molar-refractivity contribution in [2.24, 2.45) is 5.73 Å². The molecular weight excluding hydrogens is 410 g/mol. The van der Waals surface area contributed by atoms with Crippen LogP contribution in [0.1, 0.15) is 31.0 Å². The molecule has 0 radical (unpaired) electrons. The number of aromatic nitrogens is 1. The second-order valence-corrected chi connectivity index (χ2v) is 7.96. The predicted molar refractivity (Wildman–Crippen MR) is 120 cm³/mol. The number of carbonyl (C=O) groups excluding carboxylic acids is 3. The first-order valence-electron chi connectivity index (χ1n) is 10.5. The molecule has 0 unspecified atom stereocenters. The number of primary amides is 1. The fraction of sp³-hybridized carbons (Fsp3) is 0.391. The molecule has 1 aromatic heterocycles. The molecule has 3 rings (SSSR count). The zero-order valence-corrected chi connectivity index (χ0v) is 18.4. The number of methoxy groups -OCH3 is 1. The average molecular weight is 440 g/mol. The number of hydrogen-bond acceptors (Lipinski definition) is 6. The number of amides is 3. The maximum atomic E-state index is 12.7. The lowest BCUT2D eigenvalue weighted by atomic mass is 9.76. The van der Waals surface area contributed by atoms with Crippen molar-refractivity contribution in [3.05, 3.63) is 53.9 Å². The van der Waals surface area contributed by atoms with Gasteiger partial charge in [-0.2, -0.15) is 0 Å². The smallest absolute Gasteiger partial charge is 0.234 e. The van der Waals surface area contributed by atoms with Gasteiger partial charge >= 0.3 is 0 Å². The van der Waals surface area contributed by atoms with Crippen LogP contribution in [0.5, 0.6) is 5.75 Å². The van der Waals surface area contributed by atoms with Crippen molar-refractivity contribution in [2.45, 2.75) is 31.7 Å². The number of rotatable bonds is 8. The van der Waals surface area contributed by atoms with E-state index in [0.717, 1.165) is 12.0 Å². The van der Waals surface area contributed by atoms with Crippen molar-refractivity contribution >= 4 is 23.4 Å². The van der Waals surface area contributed by atoms with Crippen molar-refractivity contribution in [1.29, 1.82) is 0 Å². The van der Waals surface area contributed by atoms with Gasteiger partial charge in [0.15, 0.2) is 0 Å². The van der Waals surface area contributed by atoms with E-state index in [1.54, 1.807) is 37.6 Å². The van der Waals surface area contributed by atoms with Gasteiger partial charge in [-0.05, 0) is 49.7 Å². The average Bonchev–Trinajstić information content (AvgIpc) is 2.78. The van der Waals surface area contributed by atoms with Crippen molar-refractivity contribution < 1.29 is 19.1 Å². The number of hydrogen-bond donors (Lipinski definition) is 3. The Labute approximate surface area is 187 Å². The molecule has 0 saturated carbocycles. The Balaban J connectivity index is 1.65. The number of carbonyl (C=O) groups is 3. The summed E-state index contributed by atoms with van der Waals surface area (Å²) < 4.78 is 5.36. The number of benzene rings is 1. The summed E-state index contributed by atoms with van der Waals surface area (Å²) in [5, 5.41) is 5.61. The van der Waals surface area contributed by atoms with E-state index in [9.17, 15) is 14.4 Å². The van der Waals surface area contributed by atoms with Gasteiger partial charge in [0.25, 0.3) is 0 Å². The van der Waals surface area contributed by atoms with Crippen LogP contribution in [0.25, 0.3) is 0 Å². The first-order chi connectivity index (χ1) is 15.3. The Bertz CT molecular complexity index is 982. The first kappa shape index (κ1) is 23.2. The highest BCUT2D eigenvalue weighted by molar-refractivity contribution is 5.89. The number of anilines is 1. The Kier molecular flexibility index (Phi) is 7.42. The zero-order valence-electron chi connectivity index (χ0n) is 18.4. The molecule has 4 N–H and O–H groups in total. The largest absolute Gasteiger partial charge is 0.496 e. The molecule has 0 aliphatic carbocycles. The second kappa shape index (κ2) is 10.2. The molecule has 1 saturated heterocycles. The fourth-order valence-electron chi connectivity index (χ4n) is 4.11. The van der Waals surface area contributed by atoms with Crippen molar-refractivity contribution in [2.75, 3.05) is 32.1 Å². The Morgan fingerprint density at radius 1 is 1.25 bits per heavy atom. The summed E-state index contributed by atoms with van der Waals surface area (Å²) in [4.78, 5) is 42.7. The monoisotopic (exact) mass is 439 g/mol. The predicted octanol–water partition coefficient (Wildman–Crippen LogP) is 1.18. The molecule has 170 valence electrons. The second-order valence-electron chi connectivity index (χ2n) is 7.96. The van der Waals surface area contributed by atoms with E-state index in [4.69, 9.17) is 10.5 Å². The van der Waals surface area contributed by atoms with Gasteiger partial charge in [-0.25, -0.2) is 0 Å². The van der Waals surface area contributed by atoms with Crippen LogP contribution < -0.4 is 21.1 Å². The summed E-state index contributed by atoms with van der Waals surface area (Å²) in [7, 11) is 1.55. The maximum absolute atomic E-state index is 12.7. The number of ether oxygens (including phenoxy) is 1. The molecule has 1 aromatic carbocycles. The van der Waals surface area contributed by atoms with E-state index >= 15 is 0 Å². The van der Waals surface area contributed by atoms with E-state index in [2.05, 4.69) is 15.6 Å². The molecule has 9 nitrogen and oxygen atoms in total. The van der Waals surface area contributed by atoms with Crippen LogP contribution in [0.2, 0.25) is 0 Å². The first-order valence-corrected chi connectivity index (χ1v) is 10.5. The van der Waals surface area contributed by atoms with Crippen molar-refractivity contribution in [3.8, 4) is 5.75 Å². The molecule has 0 bridgehead atoms. The number of nitrogens with one attached hydrogen (secondary N) is 2. The lowest BCUT2D eigenvalue weighted by Crippen LogP contribution is -2.55. The third-order valence-electron chi connectivity index (χ3n) is 5.64. The third kappa shape index (κ3) is 5.42. The van der Waals surface area contributed by atoms with E-state index in [0.29, 0.717) is 36.6 Å². The highest BCUT2D eigenvalue weighted by Gasteiger charge is 2.43. The lowest BCUT2D eigenvalue weighted by molar-refractivity contribution is -0.128. The highest BCUT2D eigenvalue weighted by Crippen LogP contribution is 2.32. The summed E-state index contributed by atoms with van der Waals surface area (Å²) in [5.74, 6) is -0.180. The molecule has 1 atom stereocenters. The van der Waals surface area contributed by atoms with Crippen LogP contribution >= 0.6 is 0 Å². The third-order valence-corrected chi connectivity index (χ3v) is 5.64. The summed E-state index contributed by atoms with van der Waals surface area (Å²) in [6, 6.07) is 10.7. The number of nitrogens with zero attached hydrogens (tertiary/aromatic N) is 2. The van der Waals surface area contributed by atoms with Crippen LogP contribution in [-0.4, -0.2) is 54.3 Å². The Hall–Kier alpha value is -3.46. The van der Waals surface area contributed by atoms with Gasteiger partial charge in [-0.3, -0.25) is 24.3 Å². The van der Waals surface area contributed by atoms with Crippen LogP contribution in [-0.2, 0) is 26.3 Å². The van der Waals surface area contributed by atoms with Crippen LogP contribution in [0.4, 0.5) is 5.69 Å². The van der Waals surface area contributed by atoms with Gasteiger partial charge in [-0.15, -0.1) is 0 Å². The molecule has 1 aliphatic rings. The molecular formula is C23H29N5O4. The van der Waals surface area contributed by atoms with Gasteiger partial charge < -0.3 is 21.1 Å². The number of likely N-dealkylation sites (tertiary alicyclic amines) is 1. The Morgan fingerprint density at radius 2 is 2.06 bits per heavy atom. The number of pyridine rings is 1.